The lowest BCUT2D eigenvalue weighted by Gasteiger charge is -2.28. The smallest absolute Gasteiger partial charge is 0.255 e. The van der Waals surface area contributed by atoms with Crippen LogP contribution in [0.4, 0.5) is 5.95 Å². The maximum absolute atomic E-state index is 12.6. The molecule has 0 amide bonds. The van der Waals surface area contributed by atoms with Crippen LogP contribution in [0.25, 0.3) is 0 Å². The van der Waals surface area contributed by atoms with Crippen molar-refractivity contribution in [3.63, 3.8) is 0 Å². The zero-order chi connectivity index (χ0) is 17.9. The molecule has 0 radical (unpaired) electrons. The van der Waals surface area contributed by atoms with Crippen molar-refractivity contribution in [2.75, 3.05) is 38.3 Å². The molecule has 2 aromatic rings. The van der Waals surface area contributed by atoms with E-state index in [-0.39, 0.29) is 5.56 Å². The molecule has 0 saturated heterocycles. The Hall–Kier alpha value is -2.54. The van der Waals surface area contributed by atoms with Crippen molar-refractivity contribution in [1.29, 1.82) is 0 Å². The summed E-state index contributed by atoms with van der Waals surface area (Å²) in [5.41, 5.74) is 2.75. The van der Waals surface area contributed by atoms with Crippen LogP contribution in [0.15, 0.2) is 23.0 Å². The lowest BCUT2D eigenvalue weighted by molar-refractivity contribution is 0.281. The third kappa shape index (κ3) is 3.26. The molecule has 0 saturated carbocycles. The van der Waals surface area contributed by atoms with Gasteiger partial charge in [-0.15, -0.1) is 0 Å². The number of ether oxygens (including phenoxy) is 2. The van der Waals surface area contributed by atoms with Gasteiger partial charge in [-0.2, -0.15) is 0 Å². The van der Waals surface area contributed by atoms with Crippen molar-refractivity contribution in [3.8, 4) is 11.5 Å². The summed E-state index contributed by atoms with van der Waals surface area (Å²) >= 11 is 0. The summed E-state index contributed by atoms with van der Waals surface area (Å²) in [5, 5.41) is 3.33. The van der Waals surface area contributed by atoms with Gasteiger partial charge in [0.05, 0.1) is 19.4 Å². The number of anilines is 1. The fourth-order valence-corrected chi connectivity index (χ4v) is 3.60. The largest absolute Gasteiger partial charge is 0.493 e. The Bertz CT molecular complexity index is 849. The van der Waals surface area contributed by atoms with E-state index in [1.807, 2.05) is 18.2 Å². The molecule has 1 aromatic heterocycles. The van der Waals surface area contributed by atoms with Crippen LogP contribution < -0.4 is 25.2 Å². The first kappa shape index (κ1) is 16.9. The van der Waals surface area contributed by atoms with Gasteiger partial charge in [-0.05, 0) is 25.5 Å². The summed E-state index contributed by atoms with van der Waals surface area (Å²) in [6.45, 7) is 3.67. The van der Waals surface area contributed by atoms with Crippen LogP contribution in [-0.2, 0) is 19.4 Å². The minimum atomic E-state index is -0.0159. The summed E-state index contributed by atoms with van der Waals surface area (Å²) in [5.74, 6) is 2.16. The lowest BCUT2D eigenvalue weighted by Crippen LogP contribution is -2.32. The van der Waals surface area contributed by atoms with Gasteiger partial charge in [0.1, 0.15) is 0 Å². The summed E-state index contributed by atoms with van der Waals surface area (Å²) in [7, 11) is 1.65. The van der Waals surface area contributed by atoms with Gasteiger partial charge < -0.3 is 19.7 Å². The molecule has 2 N–H and O–H groups in total. The van der Waals surface area contributed by atoms with Gasteiger partial charge in [0.15, 0.2) is 11.5 Å². The molecule has 2 aliphatic rings. The quantitative estimate of drug-likeness (QED) is 0.843. The van der Waals surface area contributed by atoms with Crippen molar-refractivity contribution < 1.29 is 9.47 Å². The van der Waals surface area contributed by atoms with E-state index < -0.39 is 0 Å². The molecule has 0 unspecified atom stereocenters. The van der Waals surface area contributed by atoms with Crippen molar-refractivity contribution >= 4 is 5.95 Å². The number of hydrogen-bond donors (Lipinski definition) is 2. The van der Waals surface area contributed by atoms with E-state index in [9.17, 15) is 4.79 Å². The SMILES string of the molecule is COc1cccc2c1OCCCN(c1nc3c(c(=O)[nH]1)CCNCC3)C2. The standard InChI is InChI=1S/C19H24N4O3/c1-25-16-5-2-4-13-12-23(10-3-11-26-17(13)16)19-21-15-7-9-20-8-6-14(15)18(24)22-19/h2,4-5,20H,3,6-12H2,1H3,(H,21,22,24). The molecular weight excluding hydrogens is 332 g/mol. The van der Waals surface area contributed by atoms with E-state index in [0.717, 1.165) is 67.2 Å². The molecule has 7 heteroatoms. The molecular formula is C19H24N4O3. The Kier molecular flexibility index (Phi) is 4.79. The van der Waals surface area contributed by atoms with Crippen molar-refractivity contribution in [3.05, 3.63) is 45.4 Å². The van der Waals surface area contributed by atoms with Gasteiger partial charge in [-0.25, -0.2) is 4.98 Å². The van der Waals surface area contributed by atoms with Crippen LogP contribution in [0.5, 0.6) is 11.5 Å². The van der Waals surface area contributed by atoms with E-state index in [4.69, 9.17) is 14.5 Å². The topological polar surface area (TPSA) is 79.5 Å². The van der Waals surface area contributed by atoms with Gasteiger partial charge in [0.25, 0.3) is 5.56 Å². The van der Waals surface area contributed by atoms with E-state index in [0.29, 0.717) is 19.1 Å². The van der Waals surface area contributed by atoms with Crippen LogP contribution in [0.1, 0.15) is 23.2 Å². The molecule has 7 nitrogen and oxygen atoms in total. The van der Waals surface area contributed by atoms with Gasteiger partial charge >= 0.3 is 0 Å². The van der Waals surface area contributed by atoms with Crippen molar-refractivity contribution in [2.24, 2.45) is 0 Å². The highest BCUT2D eigenvalue weighted by Crippen LogP contribution is 2.33. The fourth-order valence-electron chi connectivity index (χ4n) is 3.60. The second-order valence-corrected chi connectivity index (χ2v) is 6.64. The minimum absolute atomic E-state index is 0.0159. The molecule has 26 heavy (non-hydrogen) atoms. The summed E-state index contributed by atoms with van der Waals surface area (Å²) in [4.78, 5) is 22.5. The first-order chi connectivity index (χ1) is 12.8. The Morgan fingerprint density at radius 2 is 2.15 bits per heavy atom. The van der Waals surface area contributed by atoms with Crippen LogP contribution in [0.2, 0.25) is 0 Å². The Balaban J connectivity index is 1.70. The van der Waals surface area contributed by atoms with Gasteiger partial charge in [-0.1, -0.05) is 12.1 Å². The Morgan fingerprint density at radius 1 is 1.27 bits per heavy atom. The maximum atomic E-state index is 12.6. The Labute approximate surface area is 152 Å². The molecule has 0 aliphatic carbocycles. The average Bonchev–Trinajstić information content (AvgIpc) is 2.87. The number of nitrogens with one attached hydrogen (secondary N) is 2. The van der Waals surface area contributed by atoms with Crippen LogP contribution in [-0.4, -0.2) is 43.3 Å². The number of benzene rings is 1. The number of nitrogens with zero attached hydrogens (tertiary/aromatic N) is 2. The molecule has 0 fully saturated rings. The Morgan fingerprint density at radius 3 is 3.04 bits per heavy atom. The van der Waals surface area contributed by atoms with E-state index in [1.165, 1.54) is 0 Å². The number of fused-ring (bicyclic) bond motifs is 2. The van der Waals surface area contributed by atoms with Crippen LogP contribution >= 0.6 is 0 Å². The first-order valence-electron chi connectivity index (χ1n) is 9.12. The monoisotopic (exact) mass is 356 g/mol. The van der Waals surface area contributed by atoms with Crippen molar-refractivity contribution in [2.45, 2.75) is 25.8 Å². The summed E-state index contributed by atoms with van der Waals surface area (Å²) in [6, 6.07) is 5.89. The number of rotatable bonds is 2. The van der Waals surface area contributed by atoms with Crippen LogP contribution in [0, 0.1) is 0 Å². The molecule has 1 aromatic carbocycles. The minimum Gasteiger partial charge on any atom is -0.493 e. The fraction of sp³-hybridized carbons (Fsp3) is 0.474. The van der Waals surface area contributed by atoms with Crippen molar-refractivity contribution in [1.82, 2.24) is 15.3 Å². The third-order valence-electron chi connectivity index (χ3n) is 4.94. The normalized spacial score (nSPS) is 17.2. The number of aromatic amines is 1. The lowest BCUT2D eigenvalue weighted by atomic mass is 10.1. The number of hydrogen-bond acceptors (Lipinski definition) is 6. The van der Waals surface area contributed by atoms with E-state index in [2.05, 4.69) is 15.2 Å². The molecule has 0 atom stereocenters. The molecule has 2 aliphatic heterocycles. The van der Waals surface area contributed by atoms with E-state index >= 15 is 0 Å². The first-order valence-corrected chi connectivity index (χ1v) is 9.12. The van der Waals surface area contributed by atoms with Gasteiger partial charge in [-0.3, -0.25) is 9.78 Å². The van der Waals surface area contributed by atoms with E-state index in [1.54, 1.807) is 7.11 Å². The second kappa shape index (κ2) is 7.37. The highest BCUT2D eigenvalue weighted by Gasteiger charge is 2.21. The zero-order valence-electron chi connectivity index (χ0n) is 15.0. The summed E-state index contributed by atoms with van der Waals surface area (Å²) in [6.07, 6.45) is 2.36. The molecule has 138 valence electrons. The summed E-state index contributed by atoms with van der Waals surface area (Å²) < 4.78 is 11.3. The maximum Gasteiger partial charge on any atom is 0.255 e. The molecule has 0 bridgehead atoms. The molecule has 3 heterocycles. The van der Waals surface area contributed by atoms with Gasteiger partial charge in [0.2, 0.25) is 5.95 Å². The average molecular weight is 356 g/mol. The second-order valence-electron chi connectivity index (χ2n) is 6.64. The zero-order valence-corrected chi connectivity index (χ0v) is 15.0. The highest BCUT2D eigenvalue weighted by molar-refractivity contribution is 5.49. The molecule has 4 rings (SSSR count). The predicted molar refractivity (Wildman–Crippen MR) is 99.3 cm³/mol. The van der Waals surface area contributed by atoms with Crippen LogP contribution in [0.3, 0.4) is 0 Å². The number of para-hydroxylation sites is 1. The number of aromatic nitrogens is 2. The predicted octanol–water partition coefficient (Wildman–Crippen LogP) is 1.26. The molecule has 0 spiro atoms. The van der Waals surface area contributed by atoms with Gasteiger partial charge in [0, 0.05) is 37.2 Å². The highest BCUT2D eigenvalue weighted by atomic mass is 16.5. The number of methoxy groups -OCH3 is 1. The third-order valence-corrected chi connectivity index (χ3v) is 4.94. The number of H-pyrrole nitrogens is 1.